The monoisotopic (exact) mass is 462 g/mol. The van der Waals surface area contributed by atoms with E-state index in [0.717, 1.165) is 22.6 Å². The molecule has 33 heavy (non-hydrogen) atoms. The average Bonchev–Trinajstić information content (AvgIpc) is 3.09. The van der Waals surface area contributed by atoms with Crippen LogP contribution in [0, 0.1) is 13.8 Å². The van der Waals surface area contributed by atoms with Crippen molar-refractivity contribution in [3.05, 3.63) is 71.3 Å². The molecule has 1 saturated heterocycles. The zero-order valence-corrected chi connectivity index (χ0v) is 19.4. The molecule has 0 spiro atoms. The van der Waals surface area contributed by atoms with Crippen LogP contribution in [0.3, 0.4) is 0 Å². The van der Waals surface area contributed by atoms with Gasteiger partial charge in [0.25, 0.3) is 11.8 Å². The van der Waals surface area contributed by atoms with Crippen molar-refractivity contribution in [3.63, 3.8) is 0 Å². The standard InChI is InChI=1S/C24H22N4O4S/c1-14-11-16(15(2)27(14)17-7-9-25-10-8-17)12-19-22(29)26-24(33)28(23(19)30)20-6-5-18(31-3)13-21(20)32-4/h5-13H,1-4H3,(H,26,29,33)/b19-12-. The minimum absolute atomic E-state index is 0.0205. The van der Waals surface area contributed by atoms with Gasteiger partial charge in [-0.2, -0.15) is 0 Å². The molecule has 0 bridgehead atoms. The van der Waals surface area contributed by atoms with E-state index in [1.54, 1.807) is 36.7 Å². The average molecular weight is 463 g/mol. The lowest BCUT2D eigenvalue weighted by Gasteiger charge is -2.30. The summed E-state index contributed by atoms with van der Waals surface area (Å²) in [4.78, 5) is 31.5. The molecule has 2 aromatic heterocycles. The number of anilines is 1. The molecule has 4 rings (SSSR count). The predicted octanol–water partition coefficient (Wildman–Crippen LogP) is 3.34. The number of rotatable bonds is 5. The second-order valence-electron chi connectivity index (χ2n) is 7.36. The van der Waals surface area contributed by atoms with Gasteiger partial charge in [0.1, 0.15) is 17.1 Å². The molecule has 1 N–H and O–H groups in total. The van der Waals surface area contributed by atoms with E-state index in [9.17, 15) is 9.59 Å². The summed E-state index contributed by atoms with van der Waals surface area (Å²) in [6.45, 7) is 3.89. The van der Waals surface area contributed by atoms with Crippen molar-refractivity contribution >= 4 is 40.9 Å². The molecule has 2 amide bonds. The number of pyridine rings is 1. The van der Waals surface area contributed by atoms with E-state index in [2.05, 4.69) is 10.3 Å². The largest absolute Gasteiger partial charge is 0.497 e. The van der Waals surface area contributed by atoms with Gasteiger partial charge < -0.3 is 14.0 Å². The number of nitrogens with zero attached hydrogens (tertiary/aromatic N) is 3. The first-order valence-corrected chi connectivity index (χ1v) is 10.5. The molecule has 8 nitrogen and oxygen atoms in total. The van der Waals surface area contributed by atoms with E-state index in [4.69, 9.17) is 21.7 Å². The van der Waals surface area contributed by atoms with E-state index in [0.29, 0.717) is 17.2 Å². The first kappa shape index (κ1) is 22.2. The van der Waals surface area contributed by atoms with Crippen molar-refractivity contribution in [2.75, 3.05) is 19.1 Å². The Morgan fingerprint density at radius 3 is 2.42 bits per heavy atom. The minimum Gasteiger partial charge on any atom is -0.497 e. The summed E-state index contributed by atoms with van der Waals surface area (Å²) in [7, 11) is 3.02. The molecule has 3 heterocycles. The fraction of sp³-hybridized carbons (Fsp3) is 0.167. The second kappa shape index (κ2) is 8.87. The van der Waals surface area contributed by atoms with Crippen LogP contribution in [0.5, 0.6) is 11.5 Å². The van der Waals surface area contributed by atoms with E-state index in [-0.39, 0.29) is 10.7 Å². The molecule has 9 heteroatoms. The first-order chi connectivity index (χ1) is 15.8. The molecule has 1 aromatic carbocycles. The fourth-order valence-corrected chi connectivity index (χ4v) is 4.10. The number of nitrogens with one attached hydrogen (secondary N) is 1. The van der Waals surface area contributed by atoms with Crippen LogP contribution in [-0.4, -0.2) is 40.7 Å². The lowest BCUT2D eigenvalue weighted by atomic mass is 10.1. The molecule has 0 unspecified atom stereocenters. The van der Waals surface area contributed by atoms with Crippen molar-refractivity contribution in [2.24, 2.45) is 0 Å². The lowest BCUT2D eigenvalue weighted by molar-refractivity contribution is -0.122. The number of carbonyl (C=O) groups is 2. The number of thiocarbonyl (C=S) groups is 1. The molecule has 168 valence electrons. The van der Waals surface area contributed by atoms with Crippen molar-refractivity contribution in [1.29, 1.82) is 0 Å². The number of amides is 2. The zero-order chi connectivity index (χ0) is 23.7. The summed E-state index contributed by atoms with van der Waals surface area (Å²) in [6, 6.07) is 10.7. The molecule has 0 saturated carbocycles. The third kappa shape index (κ3) is 3.98. The summed E-state index contributed by atoms with van der Waals surface area (Å²) >= 11 is 5.31. The molecule has 1 aliphatic rings. The highest BCUT2D eigenvalue weighted by Crippen LogP contribution is 2.34. The third-order valence-electron chi connectivity index (χ3n) is 5.42. The van der Waals surface area contributed by atoms with E-state index >= 15 is 0 Å². The Kier molecular flexibility index (Phi) is 5.97. The molecular weight excluding hydrogens is 440 g/mol. The SMILES string of the molecule is COc1ccc(N2C(=O)/C(=C\c3cc(C)n(-c4ccncc4)c3C)C(=O)NC2=S)c(OC)c1. The molecular formula is C24H22N4O4S. The Morgan fingerprint density at radius 2 is 1.76 bits per heavy atom. The van der Waals surface area contributed by atoms with Gasteiger partial charge in [0.15, 0.2) is 5.11 Å². The van der Waals surface area contributed by atoms with Crippen LogP contribution in [0.2, 0.25) is 0 Å². The Hall–Kier alpha value is -3.98. The Balaban J connectivity index is 1.77. The Bertz CT molecular complexity index is 1300. The summed E-state index contributed by atoms with van der Waals surface area (Å²) in [6.07, 6.45) is 5.01. The maximum atomic E-state index is 13.5. The summed E-state index contributed by atoms with van der Waals surface area (Å²) in [5.74, 6) is -0.144. The molecule has 3 aromatic rings. The van der Waals surface area contributed by atoms with Crippen LogP contribution in [-0.2, 0) is 9.59 Å². The van der Waals surface area contributed by atoms with E-state index < -0.39 is 11.8 Å². The number of aryl methyl sites for hydroxylation is 1. The van der Waals surface area contributed by atoms with Gasteiger partial charge in [-0.3, -0.25) is 19.9 Å². The highest BCUT2D eigenvalue weighted by Gasteiger charge is 2.36. The number of aromatic nitrogens is 2. The van der Waals surface area contributed by atoms with Crippen LogP contribution in [0.15, 0.2) is 54.4 Å². The van der Waals surface area contributed by atoms with Crippen LogP contribution < -0.4 is 19.7 Å². The number of ether oxygens (including phenoxy) is 2. The van der Waals surface area contributed by atoms with Gasteiger partial charge in [0.05, 0.1) is 19.9 Å². The topological polar surface area (TPSA) is 85.7 Å². The van der Waals surface area contributed by atoms with Crippen LogP contribution in [0.4, 0.5) is 5.69 Å². The Labute approximate surface area is 196 Å². The quantitative estimate of drug-likeness (QED) is 0.356. The normalized spacial score (nSPS) is 15.1. The van der Waals surface area contributed by atoms with Gasteiger partial charge in [-0.25, -0.2) is 4.90 Å². The summed E-state index contributed by atoms with van der Waals surface area (Å²) < 4.78 is 12.7. The highest BCUT2D eigenvalue weighted by atomic mass is 32.1. The van der Waals surface area contributed by atoms with Crippen LogP contribution in [0.1, 0.15) is 17.0 Å². The minimum atomic E-state index is -0.553. The van der Waals surface area contributed by atoms with Gasteiger partial charge in [-0.1, -0.05) is 0 Å². The Morgan fingerprint density at radius 1 is 1.03 bits per heavy atom. The van der Waals surface area contributed by atoms with Gasteiger partial charge >= 0.3 is 0 Å². The number of methoxy groups -OCH3 is 2. The van der Waals surface area contributed by atoms with Gasteiger partial charge in [-0.05, 0) is 68.0 Å². The summed E-state index contributed by atoms with van der Waals surface area (Å²) in [5.41, 5.74) is 3.90. The van der Waals surface area contributed by atoms with Crippen LogP contribution in [0.25, 0.3) is 11.8 Å². The smallest absolute Gasteiger partial charge is 0.270 e. The predicted molar refractivity (Wildman–Crippen MR) is 129 cm³/mol. The third-order valence-corrected chi connectivity index (χ3v) is 5.71. The van der Waals surface area contributed by atoms with E-state index in [1.807, 2.05) is 36.6 Å². The maximum absolute atomic E-state index is 13.5. The summed E-state index contributed by atoms with van der Waals surface area (Å²) in [5, 5.41) is 2.59. The van der Waals surface area contributed by atoms with Crippen molar-refractivity contribution in [2.45, 2.75) is 13.8 Å². The fourth-order valence-electron chi connectivity index (χ4n) is 3.83. The highest BCUT2D eigenvalue weighted by molar-refractivity contribution is 7.80. The molecule has 1 fully saturated rings. The first-order valence-electron chi connectivity index (χ1n) is 10.1. The van der Waals surface area contributed by atoms with Crippen molar-refractivity contribution in [1.82, 2.24) is 14.9 Å². The lowest BCUT2D eigenvalue weighted by Crippen LogP contribution is -2.54. The molecule has 0 atom stereocenters. The zero-order valence-electron chi connectivity index (χ0n) is 18.6. The number of hydrogen-bond acceptors (Lipinski definition) is 6. The molecule has 0 aliphatic carbocycles. The van der Waals surface area contributed by atoms with Gasteiger partial charge in [0, 0.05) is 35.5 Å². The van der Waals surface area contributed by atoms with Gasteiger partial charge in [-0.15, -0.1) is 0 Å². The maximum Gasteiger partial charge on any atom is 0.270 e. The second-order valence-corrected chi connectivity index (χ2v) is 7.75. The van der Waals surface area contributed by atoms with E-state index in [1.165, 1.54) is 19.1 Å². The number of carbonyl (C=O) groups excluding carboxylic acids is 2. The molecule has 0 radical (unpaired) electrons. The number of benzene rings is 1. The van der Waals surface area contributed by atoms with Gasteiger partial charge in [0.2, 0.25) is 0 Å². The van der Waals surface area contributed by atoms with Crippen molar-refractivity contribution in [3.8, 4) is 17.2 Å². The van der Waals surface area contributed by atoms with Crippen LogP contribution >= 0.6 is 12.2 Å². The number of hydrogen-bond donors (Lipinski definition) is 1. The van der Waals surface area contributed by atoms with Crippen molar-refractivity contribution < 1.29 is 19.1 Å². The molecule has 1 aliphatic heterocycles.